The molecule has 2 aromatic carbocycles. The molecule has 0 bridgehead atoms. The van der Waals surface area contributed by atoms with Crippen LogP contribution >= 0.6 is 0 Å². The molecule has 0 aliphatic heterocycles. The Labute approximate surface area is 121 Å². The number of benzene rings is 2. The molecule has 5 heteroatoms. The maximum Gasteiger partial charge on any atom is 0.519 e. The van der Waals surface area contributed by atoms with Gasteiger partial charge in [-0.15, -0.1) is 0 Å². The predicted molar refractivity (Wildman–Crippen MR) is 74.9 cm³/mol. The topological polar surface area (TPSA) is 69.7 Å². The van der Waals surface area contributed by atoms with Crippen LogP contribution in [-0.4, -0.2) is 18.2 Å². The Balaban J connectivity index is 2.16. The molecule has 5 nitrogen and oxygen atoms in total. The number of aldehydes is 1. The minimum atomic E-state index is -1.02. The molecule has 21 heavy (non-hydrogen) atoms. The highest BCUT2D eigenvalue weighted by Crippen LogP contribution is 2.21. The van der Waals surface area contributed by atoms with Crippen LogP contribution in [0.5, 0.6) is 11.5 Å². The van der Waals surface area contributed by atoms with Gasteiger partial charge in [0, 0.05) is 0 Å². The van der Waals surface area contributed by atoms with Crippen LogP contribution in [-0.2, 0) is 0 Å². The van der Waals surface area contributed by atoms with Crippen LogP contribution in [0.3, 0.4) is 0 Å². The number of rotatable bonds is 4. The fraction of sp³-hybridized carbons (Fsp3) is 0.0625. The molecular formula is C16H12O5. The average molecular weight is 284 g/mol. The van der Waals surface area contributed by atoms with Crippen molar-refractivity contribution in [2.24, 2.45) is 0 Å². The molecule has 106 valence electrons. The smallest absolute Gasteiger partial charge is 0.394 e. The van der Waals surface area contributed by atoms with E-state index in [0.29, 0.717) is 6.29 Å². The van der Waals surface area contributed by atoms with E-state index in [9.17, 15) is 14.4 Å². The number of ether oxygens (including phenoxy) is 2. The van der Waals surface area contributed by atoms with Crippen molar-refractivity contribution < 1.29 is 23.9 Å². The minimum absolute atomic E-state index is 0.0952. The molecule has 0 saturated heterocycles. The zero-order chi connectivity index (χ0) is 15.2. The van der Waals surface area contributed by atoms with Crippen molar-refractivity contribution in [1.29, 1.82) is 0 Å². The molecule has 0 aliphatic rings. The van der Waals surface area contributed by atoms with E-state index in [1.807, 2.05) is 0 Å². The maximum absolute atomic E-state index is 11.8. The lowest BCUT2D eigenvalue weighted by Crippen LogP contribution is -2.16. The number of carbonyl (C=O) groups excluding carboxylic acids is 3. The van der Waals surface area contributed by atoms with Gasteiger partial charge in [-0.1, -0.05) is 24.3 Å². The summed E-state index contributed by atoms with van der Waals surface area (Å²) in [7, 11) is 0. The molecule has 0 N–H and O–H groups in total. The largest absolute Gasteiger partial charge is 0.519 e. The highest BCUT2D eigenvalue weighted by Gasteiger charge is 2.14. The monoisotopic (exact) mass is 284 g/mol. The van der Waals surface area contributed by atoms with E-state index in [0.717, 1.165) is 0 Å². The summed E-state index contributed by atoms with van der Waals surface area (Å²) in [5, 5.41) is 0. The fourth-order valence-electron chi connectivity index (χ4n) is 1.72. The molecule has 0 aromatic heterocycles. The van der Waals surface area contributed by atoms with Crippen LogP contribution in [0.4, 0.5) is 4.79 Å². The van der Waals surface area contributed by atoms with Gasteiger partial charge in [0.2, 0.25) is 0 Å². The third-order valence-corrected chi connectivity index (χ3v) is 2.70. The molecule has 0 aliphatic carbocycles. The van der Waals surface area contributed by atoms with E-state index in [-0.39, 0.29) is 28.4 Å². The quantitative estimate of drug-likeness (QED) is 0.373. The van der Waals surface area contributed by atoms with Crippen molar-refractivity contribution in [1.82, 2.24) is 0 Å². The third kappa shape index (κ3) is 3.54. The number of carbonyl (C=O) groups is 3. The summed E-state index contributed by atoms with van der Waals surface area (Å²) in [5.74, 6) is -0.0249. The molecule has 2 aromatic rings. The zero-order valence-corrected chi connectivity index (χ0v) is 11.2. The highest BCUT2D eigenvalue weighted by atomic mass is 16.7. The van der Waals surface area contributed by atoms with Crippen molar-refractivity contribution in [2.75, 3.05) is 0 Å². The molecule has 0 unspecified atom stereocenters. The Bertz CT molecular complexity index is 691. The molecule has 0 spiro atoms. The van der Waals surface area contributed by atoms with Crippen molar-refractivity contribution >= 4 is 18.2 Å². The summed E-state index contributed by atoms with van der Waals surface area (Å²) in [5.41, 5.74) is 0.507. The van der Waals surface area contributed by atoms with Gasteiger partial charge in [0.25, 0.3) is 0 Å². The first kappa shape index (κ1) is 14.5. The highest BCUT2D eigenvalue weighted by molar-refractivity contribution is 5.97. The lowest BCUT2D eigenvalue weighted by molar-refractivity contribution is 0.101. The molecule has 0 fully saturated rings. The van der Waals surface area contributed by atoms with E-state index in [4.69, 9.17) is 9.47 Å². The van der Waals surface area contributed by atoms with E-state index in [2.05, 4.69) is 0 Å². The van der Waals surface area contributed by atoms with E-state index in [1.54, 1.807) is 30.3 Å². The number of Topliss-reactive ketones (excluding diaryl/α,β-unsaturated/α-hetero) is 1. The minimum Gasteiger partial charge on any atom is -0.394 e. The van der Waals surface area contributed by atoms with Crippen LogP contribution < -0.4 is 9.47 Å². The molecule has 2 rings (SSSR count). The summed E-state index contributed by atoms with van der Waals surface area (Å²) < 4.78 is 9.98. The third-order valence-electron chi connectivity index (χ3n) is 2.70. The summed E-state index contributed by atoms with van der Waals surface area (Å²) in [6, 6.07) is 12.6. The number of hydrogen-bond donors (Lipinski definition) is 0. The molecule has 0 atom stereocenters. The lowest BCUT2D eigenvalue weighted by atomic mass is 10.1. The Morgan fingerprint density at radius 2 is 1.48 bits per heavy atom. The first-order chi connectivity index (χ1) is 10.1. The summed E-state index contributed by atoms with van der Waals surface area (Å²) in [6.07, 6.45) is -0.440. The molecule has 0 amide bonds. The van der Waals surface area contributed by atoms with Gasteiger partial charge in [-0.2, -0.15) is 0 Å². The normalized spacial score (nSPS) is 9.76. The molecular weight excluding hydrogens is 272 g/mol. The predicted octanol–water partition coefficient (Wildman–Crippen LogP) is 3.28. The molecule has 0 heterocycles. The first-order valence-corrected chi connectivity index (χ1v) is 6.15. The van der Waals surface area contributed by atoms with Crippen LogP contribution in [0.1, 0.15) is 27.6 Å². The van der Waals surface area contributed by atoms with Gasteiger partial charge < -0.3 is 9.47 Å². The zero-order valence-electron chi connectivity index (χ0n) is 11.2. The number of para-hydroxylation sites is 2. The van der Waals surface area contributed by atoms with Gasteiger partial charge in [0.1, 0.15) is 11.5 Å². The summed E-state index contributed by atoms with van der Waals surface area (Å²) >= 11 is 0. The lowest BCUT2D eigenvalue weighted by Gasteiger charge is -2.09. The molecule has 0 saturated carbocycles. The van der Waals surface area contributed by atoms with Crippen molar-refractivity contribution in [3.63, 3.8) is 0 Å². The maximum atomic E-state index is 11.8. The SMILES string of the molecule is CC(=O)c1ccccc1OC(=O)Oc1ccccc1C=O. The van der Waals surface area contributed by atoms with Gasteiger partial charge in [-0.25, -0.2) is 4.79 Å². The van der Waals surface area contributed by atoms with Crippen LogP contribution in [0.2, 0.25) is 0 Å². The second kappa shape index (κ2) is 6.47. The van der Waals surface area contributed by atoms with Gasteiger partial charge in [-0.05, 0) is 31.2 Å². The van der Waals surface area contributed by atoms with Crippen molar-refractivity contribution in [3.8, 4) is 11.5 Å². The van der Waals surface area contributed by atoms with Crippen molar-refractivity contribution in [2.45, 2.75) is 6.92 Å². The second-order valence-corrected chi connectivity index (χ2v) is 4.16. The van der Waals surface area contributed by atoms with E-state index < -0.39 is 6.16 Å². The first-order valence-electron chi connectivity index (χ1n) is 6.15. The van der Waals surface area contributed by atoms with Crippen molar-refractivity contribution in [3.05, 3.63) is 59.7 Å². The number of hydrogen-bond acceptors (Lipinski definition) is 5. The van der Waals surface area contributed by atoms with Crippen LogP contribution in [0.15, 0.2) is 48.5 Å². The van der Waals surface area contributed by atoms with Gasteiger partial charge in [0.05, 0.1) is 11.1 Å². The van der Waals surface area contributed by atoms with Crippen LogP contribution in [0.25, 0.3) is 0 Å². The average Bonchev–Trinajstić information content (AvgIpc) is 2.48. The van der Waals surface area contributed by atoms with E-state index >= 15 is 0 Å². The van der Waals surface area contributed by atoms with E-state index in [1.165, 1.54) is 25.1 Å². The summed E-state index contributed by atoms with van der Waals surface area (Å²) in [4.78, 5) is 34.0. The summed E-state index contributed by atoms with van der Waals surface area (Å²) in [6.45, 7) is 1.37. The number of ketones is 1. The Kier molecular flexibility index (Phi) is 4.46. The Morgan fingerprint density at radius 3 is 2.14 bits per heavy atom. The standard InChI is InChI=1S/C16H12O5/c1-11(18)13-7-3-5-9-15(13)21-16(19)20-14-8-4-2-6-12(14)10-17/h2-10H,1H3. The second-order valence-electron chi connectivity index (χ2n) is 4.16. The van der Waals surface area contributed by atoms with Gasteiger partial charge >= 0.3 is 6.16 Å². The Hall–Kier alpha value is -2.95. The van der Waals surface area contributed by atoms with Gasteiger partial charge in [0.15, 0.2) is 12.1 Å². The Morgan fingerprint density at radius 1 is 0.905 bits per heavy atom. The molecule has 0 radical (unpaired) electrons. The fourth-order valence-corrected chi connectivity index (χ4v) is 1.72. The van der Waals surface area contributed by atoms with Gasteiger partial charge in [-0.3, -0.25) is 9.59 Å². The van der Waals surface area contributed by atoms with Crippen LogP contribution in [0, 0.1) is 0 Å².